The van der Waals surface area contributed by atoms with Gasteiger partial charge in [0.1, 0.15) is 0 Å². The normalized spacial score (nSPS) is 10.2. The number of nitrogens with one attached hydrogen (secondary N) is 1. The largest absolute Gasteiger partial charge is 0.310 e. The summed E-state index contributed by atoms with van der Waals surface area (Å²) in [6, 6.07) is 0. The van der Waals surface area contributed by atoms with Crippen molar-refractivity contribution in [3.63, 3.8) is 0 Å². The molecular formula is C7H13N. The highest BCUT2D eigenvalue weighted by molar-refractivity contribution is 4.91. The van der Waals surface area contributed by atoms with Crippen molar-refractivity contribution in [2.24, 2.45) is 0 Å². The van der Waals surface area contributed by atoms with Crippen LogP contribution in [0.1, 0.15) is 8.27 Å². The lowest BCUT2D eigenvalue weighted by Crippen LogP contribution is -2.14. The molecular weight excluding hydrogens is 98.1 g/mol. The van der Waals surface area contributed by atoms with E-state index in [2.05, 4.69) is 18.5 Å². The van der Waals surface area contributed by atoms with E-state index in [1.54, 1.807) is 6.08 Å². The second-order valence-electron chi connectivity index (χ2n) is 1.67. The van der Waals surface area contributed by atoms with Crippen molar-refractivity contribution in [1.82, 2.24) is 5.32 Å². The molecule has 0 heterocycles. The Morgan fingerprint density at radius 1 is 2.00 bits per heavy atom. The minimum Gasteiger partial charge on any atom is -0.310 e. The van der Waals surface area contributed by atoms with Crippen LogP contribution < -0.4 is 5.32 Å². The first-order valence-corrected chi connectivity index (χ1v) is 2.58. The van der Waals surface area contributed by atoms with E-state index in [-0.39, 0.29) is 0 Å². The highest BCUT2D eigenvalue weighted by Crippen LogP contribution is 1.79. The van der Waals surface area contributed by atoms with E-state index >= 15 is 0 Å². The second-order valence-corrected chi connectivity index (χ2v) is 1.67. The molecule has 8 heavy (non-hydrogen) atoms. The third kappa shape index (κ3) is 5.44. The zero-order valence-corrected chi connectivity index (χ0v) is 5.11. The van der Waals surface area contributed by atoms with Crippen molar-refractivity contribution >= 4 is 0 Å². The Hall–Kier alpha value is -0.560. The molecule has 0 aromatic rings. The van der Waals surface area contributed by atoms with Gasteiger partial charge in [-0.05, 0) is 6.90 Å². The van der Waals surface area contributed by atoms with Gasteiger partial charge in [0.2, 0.25) is 0 Å². The van der Waals surface area contributed by atoms with Gasteiger partial charge < -0.3 is 5.32 Å². The molecule has 0 aliphatic carbocycles. The van der Waals surface area contributed by atoms with Crippen LogP contribution in [-0.2, 0) is 0 Å². The summed E-state index contributed by atoms with van der Waals surface area (Å²) in [4.78, 5) is 0. The van der Waals surface area contributed by atoms with Gasteiger partial charge in [0, 0.05) is 14.5 Å². The Bertz CT molecular complexity index is 99.1. The van der Waals surface area contributed by atoms with Crippen molar-refractivity contribution in [3.05, 3.63) is 24.8 Å². The van der Waals surface area contributed by atoms with E-state index in [1.807, 2.05) is 0 Å². The number of hydrogen-bond donors (Lipinski definition) is 1. The molecule has 0 aromatic carbocycles. The summed E-state index contributed by atoms with van der Waals surface area (Å²) < 4.78 is 6.88. The second kappa shape index (κ2) is 4.60. The van der Waals surface area contributed by atoms with Gasteiger partial charge in [-0.15, -0.1) is 6.58 Å². The zero-order valence-electron chi connectivity index (χ0n) is 6.11. The Labute approximate surface area is 52.5 Å². The summed E-state index contributed by atoms with van der Waals surface area (Å²) in [5, 5.41) is 3.05. The van der Waals surface area contributed by atoms with Gasteiger partial charge in [-0.3, -0.25) is 0 Å². The van der Waals surface area contributed by atoms with Crippen molar-refractivity contribution in [2.75, 3.05) is 13.1 Å². The maximum absolute atomic E-state index is 6.88. The van der Waals surface area contributed by atoms with Gasteiger partial charge in [0.25, 0.3) is 0 Å². The van der Waals surface area contributed by atoms with Crippen LogP contribution in [0.5, 0.6) is 0 Å². The highest BCUT2D eigenvalue weighted by atomic mass is 14.8. The molecule has 0 atom stereocenters. The maximum Gasteiger partial charge on any atom is 0.0277 e. The molecule has 0 spiro atoms. The van der Waals surface area contributed by atoms with Gasteiger partial charge in [0.15, 0.2) is 0 Å². The van der Waals surface area contributed by atoms with Gasteiger partial charge in [-0.25, -0.2) is 0 Å². The zero-order chi connectivity index (χ0) is 7.11. The Morgan fingerprint density at radius 2 is 2.75 bits per heavy atom. The summed E-state index contributed by atoms with van der Waals surface area (Å²) in [6.45, 7) is 9.04. The van der Waals surface area contributed by atoms with Crippen LogP contribution >= 0.6 is 0 Å². The molecule has 0 rings (SSSR count). The fourth-order valence-corrected chi connectivity index (χ4v) is 0.351. The molecule has 0 bridgehead atoms. The number of hydrogen-bond acceptors (Lipinski definition) is 1. The van der Waals surface area contributed by atoms with Crippen LogP contribution in [0.25, 0.3) is 0 Å². The number of rotatable bonds is 4. The molecule has 0 radical (unpaired) electrons. The molecule has 1 N–H and O–H groups in total. The molecule has 0 fully saturated rings. The summed E-state index contributed by atoms with van der Waals surface area (Å²) in [6.07, 6.45) is 1.79. The molecule has 0 saturated heterocycles. The Kier molecular flexibility index (Phi) is 3.20. The van der Waals surface area contributed by atoms with Crippen molar-refractivity contribution in [2.45, 2.75) is 6.90 Å². The molecule has 46 valence electrons. The third-order valence-electron chi connectivity index (χ3n) is 0.664. The standard InChI is InChI=1S/C7H13N/c1-4-5-8-6-7(2)3/h4,8H,1-2,5-6H2,3H3/i3D. The van der Waals surface area contributed by atoms with E-state index in [1.165, 1.54) is 0 Å². The van der Waals surface area contributed by atoms with E-state index in [9.17, 15) is 0 Å². The molecule has 0 unspecified atom stereocenters. The van der Waals surface area contributed by atoms with Gasteiger partial charge >= 0.3 is 0 Å². The average Bonchev–Trinajstić information content (AvgIpc) is 1.89. The smallest absolute Gasteiger partial charge is 0.0277 e. The summed E-state index contributed by atoms with van der Waals surface area (Å²) in [5.41, 5.74) is 0.914. The van der Waals surface area contributed by atoms with E-state index in [0.717, 1.165) is 18.7 Å². The average molecular weight is 112 g/mol. The molecule has 0 aliphatic rings. The van der Waals surface area contributed by atoms with Crippen LogP contribution in [0.4, 0.5) is 0 Å². The van der Waals surface area contributed by atoms with E-state index in [0.29, 0.717) is 6.90 Å². The van der Waals surface area contributed by atoms with Crippen LogP contribution in [0.15, 0.2) is 24.8 Å². The lowest BCUT2D eigenvalue weighted by molar-refractivity contribution is 0.817. The monoisotopic (exact) mass is 112 g/mol. The summed E-state index contributed by atoms with van der Waals surface area (Å²) in [7, 11) is 0. The first-order valence-electron chi connectivity index (χ1n) is 3.29. The van der Waals surface area contributed by atoms with Crippen LogP contribution in [0.3, 0.4) is 0 Å². The first kappa shape index (κ1) is 5.57. The van der Waals surface area contributed by atoms with Crippen LogP contribution in [0, 0.1) is 0 Å². The molecule has 1 nitrogen and oxygen atoms in total. The minimum absolute atomic E-state index is 0.310. The fraction of sp³-hybridized carbons (Fsp3) is 0.429. The van der Waals surface area contributed by atoms with Crippen molar-refractivity contribution < 1.29 is 1.37 Å². The lowest BCUT2D eigenvalue weighted by atomic mass is 10.3. The van der Waals surface area contributed by atoms with E-state index < -0.39 is 0 Å². The Morgan fingerprint density at radius 3 is 3.25 bits per heavy atom. The Balaban J connectivity index is 3.06. The minimum atomic E-state index is 0.310. The van der Waals surface area contributed by atoms with Gasteiger partial charge in [-0.2, -0.15) is 0 Å². The SMILES string of the molecule is [2H]CC(=C)CNCC=C. The topological polar surface area (TPSA) is 12.0 Å². The summed E-state index contributed by atoms with van der Waals surface area (Å²) in [5.74, 6) is 0. The van der Waals surface area contributed by atoms with Gasteiger partial charge in [-0.1, -0.05) is 18.2 Å². The highest BCUT2D eigenvalue weighted by Gasteiger charge is 1.79. The van der Waals surface area contributed by atoms with Crippen molar-refractivity contribution in [1.29, 1.82) is 0 Å². The first-order chi connectivity index (χ1) is 4.31. The summed E-state index contributed by atoms with van der Waals surface area (Å²) >= 11 is 0. The lowest BCUT2D eigenvalue weighted by Gasteiger charge is -1.97. The molecule has 1 heteroatoms. The fourth-order valence-electron chi connectivity index (χ4n) is 0.351. The van der Waals surface area contributed by atoms with Crippen LogP contribution in [-0.4, -0.2) is 13.1 Å². The van der Waals surface area contributed by atoms with Crippen LogP contribution in [0.2, 0.25) is 0 Å². The van der Waals surface area contributed by atoms with E-state index in [4.69, 9.17) is 1.37 Å². The molecule has 0 aliphatic heterocycles. The molecule has 0 aromatic heterocycles. The maximum atomic E-state index is 6.88. The van der Waals surface area contributed by atoms with Crippen molar-refractivity contribution in [3.8, 4) is 0 Å². The molecule has 0 amide bonds. The third-order valence-corrected chi connectivity index (χ3v) is 0.664. The quantitative estimate of drug-likeness (QED) is 0.427. The predicted octanol–water partition coefficient (Wildman–Crippen LogP) is 1.34. The molecule has 0 saturated carbocycles. The predicted molar refractivity (Wildman–Crippen MR) is 37.9 cm³/mol. The van der Waals surface area contributed by atoms with Gasteiger partial charge in [0.05, 0.1) is 0 Å².